The lowest BCUT2D eigenvalue weighted by Gasteiger charge is -2.32. The number of carbonyl (C=O) groups is 1. The van der Waals surface area contributed by atoms with Gasteiger partial charge in [-0.05, 0) is 44.2 Å². The van der Waals surface area contributed by atoms with Gasteiger partial charge in [-0.1, -0.05) is 42.0 Å². The lowest BCUT2D eigenvalue weighted by atomic mass is 10.0. The molecular formula is C24H38IN5O. The van der Waals surface area contributed by atoms with E-state index in [-0.39, 0.29) is 35.9 Å². The van der Waals surface area contributed by atoms with E-state index in [1.54, 1.807) is 4.90 Å². The summed E-state index contributed by atoms with van der Waals surface area (Å²) < 4.78 is 0. The summed E-state index contributed by atoms with van der Waals surface area (Å²) in [6.45, 7) is 4.88. The van der Waals surface area contributed by atoms with Gasteiger partial charge in [-0.15, -0.1) is 24.0 Å². The molecule has 0 aliphatic carbocycles. The second-order valence-electron chi connectivity index (χ2n) is 8.45. The molecule has 2 heterocycles. The van der Waals surface area contributed by atoms with Crippen molar-refractivity contribution in [1.82, 2.24) is 20.0 Å². The highest BCUT2D eigenvalue weighted by Gasteiger charge is 2.31. The first kappa shape index (κ1) is 25.6. The zero-order valence-corrected chi connectivity index (χ0v) is 21.5. The number of amides is 1. The van der Waals surface area contributed by atoms with E-state index in [0.717, 1.165) is 70.8 Å². The van der Waals surface area contributed by atoms with E-state index in [0.29, 0.717) is 0 Å². The number of rotatable bonds is 6. The summed E-state index contributed by atoms with van der Waals surface area (Å²) >= 11 is 0. The third-order valence-corrected chi connectivity index (χ3v) is 6.08. The number of likely N-dealkylation sites (tertiary alicyclic amines) is 2. The molecule has 3 rings (SSSR count). The molecule has 7 heteroatoms. The van der Waals surface area contributed by atoms with Gasteiger partial charge in [-0.2, -0.15) is 0 Å². The maximum Gasteiger partial charge on any atom is 0.239 e. The molecule has 2 fully saturated rings. The van der Waals surface area contributed by atoms with Gasteiger partial charge < -0.3 is 15.1 Å². The first-order chi connectivity index (χ1) is 14.6. The number of benzene rings is 1. The van der Waals surface area contributed by atoms with Crippen molar-refractivity contribution >= 4 is 41.9 Å². The predicted molar refractivity (Wildman–Crippen MR) is 140 cm³/mol. The fraction of sp³-hybridized carbons (Fsp3) is 0.583. The second kappa shape index (κ2) is 13.1. The summed E-state index contributed by atoms with van der Waals surface area (Å²) in [6.07, 6.45) is 7.61. The molecule has 1 unspecified atom stereocenters. The monoisotopic (exact) mass is 539 g/mol. The summed E-state index contributed by atoms with van der Waals surface area (Å²) in [4.78, 5) is 23.2. The molecular weight excluding hydrogens is 501 g/mol. The molecule has 2 aliphatic rings. The third kappa shape index (κ3) is 7.49. The Morgan fingerprint density at radius 3 is 2.55 bits per heavy atom. The summed E-state index contributed by atoms with van der Waals surface area (Å²) in [7, 11) is 5.57. The molecule has 1 aromatic carbocycles. The quantitative estimate of drug-likeness (QED) is 0.261. The number of hydrogen-bond acceptors (Lipinski definition) is 3. The normalized spacial score (nSPS) is 19.7. The van der Waals surface area contributed by atoms with Gasteiger partial charge in [-0.3, -0.25) is 14.7 Å². The SMILES string of the molecule is CN=C(NCCCN1CCCC1C(=O)N(C)C)N1CCC(=Cc2ccccc2)CC1.I. The molecule has 2 saturated heterocycles. The standard InChI is InChI=1S/C24H37N5O.HI/c1-25-24(26-14-8-16-28-15-7-11-22(28)23(30)27(2)3)29-17-12-21(13-18-29)19-20-9-5-4-6-10-20;/h4-6,9-10,19,22H,7-8,11-18H2,1-3H3,(H,25,26);1H. The van der Waals surface area contributed by atoms with E-state index in [1.807, 2.05) is 21.1 Å². The van der Waals surface area contributed by atoms with Gasteiger partial charge in [0.1, 0.15) is 0 Å². The van der Waals surface area contributed by atoms with Crippen LogP contribution in [0.1, 0.15) is 37.7 Å². The van der Waals surface area contributed by atoms with Crippen LogP contribution in [0, 0.1) is 0 Å². The van der Waals surface area contributed by atoms with Crippen LogP contribution in [0.3, 0.4) is 0 Å². The Morgan fingerprint density at radius 1 is 1.19 bits per heavy atom. The molecule has 172 valence electrons. The Balaban J connectivity index is 0.00000341. The van der Waals surface area contributed by atoms with Crippen LogP contribution >= 0.6 is 24.0 Å². The highest BCUT2D eigenvalue weighted by Crippen LogP contribution is 2.20. The number of halogens is 1. The van der Waals surface area contributed by atoms with E-state index in [4.69, 9.17) is 0 Å². The smallest absolute Gasteiger partial charge is 0.239 e. The Bertz CT molecular complexity index is 740. The third-order valence-electron chi connectivity index (χ3n) is 6.08. The Morgan fingerprint density at radius 2 is 1.90 bits per heavy atom. The van der Waals surface area contributed by atoms with Crippen LogP contribution < -0.4 is 5.32 Å². The van der Waals surface area contributed by atoms with Crippen LogP contribution in [0.5, 0.6) is 0 Å². The molecule has 0 radical (unpaired) electrons. The van der Waals surface area contributed by atoms with Gasteiger partial charge in [0.15, 0.2) is 5.96 Å². The van der Waals surface area contributed by atoms with E-state index in [2.05, 4.69) is 56.5 Å². The molecule has 0 bridgehead atoms. The van der Waals surface area contributed by atoms with Crippen molar-refractivity contribution in [3.05, 3.63) is 41.5 Å². The van der Waals surface area contributed by atoms with Gasteiger partial charge in [0.2, 0.25) is 5.91 Å². The average molecular weight is 540 g/mol. The fourth-order valence-corrected chi connectivity index (χ4v) is 4.42. The molecule has 31 heavy (non-hydrogen) atoms. The number of guanidine groups is 1. The van der Waals surface area contributed by atoms with Crippen molar-refractivity contribution in [2.75, 3.05) is 53.9 Å². The molecule has 2 aliphatic heterocycles. The molecule has 0 aromatic heterocycles. The van der Waals surface area contributed by atoms with Gasteiger partial charge >= 0.3 is 0 Å². The summed E-state index contributed by atoms with van der Waals surface area (Å²) in [6, 6.07) is 10.6. The van der Waals surface area contributed by atoms with Crippen molar-refractivity contribution < 1.29 is 4.79 Å². The minimum Gasteiger partial charge on any atom is -0.356 e. The zero-order valence-electron chi connectivity index (χ0n) is 19.2. The van der Waals surface area contributed by atoms with E-state index in [9.17, 15) is 4.79 Å². The Labute approximate surface area is 204 Å². The first-order valence-corrected chi connectivity index (χ1v) is 11.2. The molecule has 1 amide bonds. The largest absolute Gasteiger partial charge is 0.356 e. The highest BCUT2D eigenvalue weighted by atomic mass is 127. The summed E-state index contributed by atoms with van der Waals surface area (Å²) in [5.74, 6) is 1.24. The minimum absolute atomic E-state index is 0. The number of nitrogens with zero attached hydrogens (tertiary/aromatic N) is 4. The van der Waals surface area contributed by atoms with E-state index < -0.39 is 0 Å². The average Bonchev–Trinajstić information content (AvgIpc) is 3.23. The van der Waals surface area contributed by atoms with Gasteiger partial charge in [0.05, 0.1) is 6.04 Å². The summed E-state index contributed by atoms with van der Waals surface area (Å²) in [5.41, 5.74) is 2.80. The summed E-state index contributed by atoms with van der Waals surface area (Å²) in [5, 5.41) is 3.53. The van der Waals surface area contributed by atoms with Crippen molar-refractivity contribution in [2.45, 2.75) is 38.1 Å². The van der Waals surface area contributed by atoms with Crippen LogP contribution in [0.2, 0.25) is 0 Å². The fourth-order valence-electron chi connectivity index (χ4n) is 4.42. The topological polar surface area (TPSA) is 51.2 Å². The number of aliphatic imine (C=N–C) groups is 1. The molecule has 0 spiro atoms. The number of carbonyl (C=O) groups excluding carboxylic acids is 1. The van der Waals surface area contributed by atoms with Crippen molar-refractivity contribution in [2.24, 2.45) is 4.99 Å². The van der Waals surface area contributed by atoms with Gasteiger partial charge in [0, 0.05) is 47.3 Å². The lowest BCUT2D eigenvalue weighted by molar-refractivity contribution is -0.133. The number of nitrogens with one attached hydrogen (secondary N) is 1. The number of likely N-dealkylation sites (N-methyl/N-ethyl adjacent to an activating group) is 1. The molecule has 1 atom stereocenters. The molecule has 6 nitrogen and oxygen atoms in total. The first-order valence-electron chi connectivity index (χ1n) is 11.2. The maximum absolute atomic E-state index is 12.3. The Kier molecular flexibility index (Phi) is 10.8. The van der Waals surface area contributed by atoms with E-state index in [1.165, 1.54) is 11.1 Å². The number of piperidine rings is 1. The predicted octanol–water partition coefficient (Wildman–Crippen LogP) is 3.30. The van der Waals surface area contributed by atoms with Crippen LogP contribution in [0.15, 0.2) is 40.9 Å². The zero-order chi connectivity index (χ0) is 21.3. The number of hydrogen-bond donors (Lipinski definition) is 1. The van der Waals surface area contributed by atoms with E-state index >= 15 is 0 Å². The van der Waals surface area contributed by atoms with Gasteiger partial charge in [0.25, 0.3) is 0 Å². The van der Waals surface area contributed by atoms with Crippen molar-refractivity contribution in [3.63, 3.8) is 0 Å². The lowest BCUT2D eigenvalue weighted by Crippen LogP contribution is -2.46. The van der Waals surface area contributed by atoms with Gasteiger partial charge in [-0.25, -0.2) is 0 Å². The maximum atomic E-state index is 12.3. The minimum atomic E-state index is 0. The van der Waals surface area contributed by atoms with Crippen LogP contribution in [-0.4, -0.2) is 86.5 Å². The molecule has 1 aromatic rings. The van der Waals surface area contributed by atoms with Crippen molar-refractivity contribution in [3.8, 4) is 0 Å². The highest BCUT2D eigenvalue weighted by molar-refractivity contribution is 14.0. The van der Waals surface area contributed by atoms with Crippen LogP contribution in [0.4, 0.5) is 0 Å². The molecule has 1 N–H and O–H groups in total. The van der Waals surface area contributed by atoms with Crippen molar-refractivity contribution in [1.29, 1.82) is 0 Å². The second-order valence-corrected chi connectivity index (χ2v) is 8.45. The Hall–Kier alpha value is -1.61. The van der Waals surface area contributed by atoms with Crippen LogP contribution in [-0.2, 0) is 4.79 Å². The van der Waals surface area contributed by atoms with Crippen LogP contribution in [0.25, 0.3) is 6.08 Å². The molecule has 0 saturated carbocycles.